The second-order valence-electron chi connectivity index (χ2n) is 7.62. The van der Waals surface area contributed by atoms with Crippen molar-refractivity contribution in [3.8, 4) is 22.8 Å². The molecule has 7 nitrogen and oxygen atoms in total. The van der Waals surface area contributed by atoms with Crippen molar-refractivity contribution < 1.29 is 18.7 Å². The molecule has 0 aliphatic carbocycles. The lowest BCUT2D eigenvalue weighted by atomic mass is 10.0. The van der Waals surface area contributed by atoms with Crippen LogP contribution in [0.1, 0.15) is 23.2 Å². The number of carbonyl (C=O) groups excluding carboxylic acids is 1. The van der Waals surface area contributed by atoms with Gasteiger partial charge in [-0.2, -0.15) is 0 Å². The topological polar surface area (TPSA) is 76.6 Å². The molecule has 0 radical (unpaired) electrons. The first-order chi connectivity index (χ1) is 15.6. The maximum Gasteiger partial charge on any atom is 0.251 e. The minimum absolute atomic E-state index is 0.0653. The zero-order valence-electron chi connectivity index (χ0n) is 18.0. The Labute approximate surface area is 186 Å². The van der Waals surface area contributed by atoms with Crippen molar-refractivity contribution in [3.63, 3.8) is 0 Å². The average molecular weight is 436 g/mol. The molecule has 2 aromatic carbocycles. The van der Waals surface area contributed by atoms with E-state index in [4.69, 9.17) is 9.47 Å². The maximum atomic E-state index is 13.4. The quantitative estimate of drug-likeness (QED) is 0.635. The predicted octanol–water partition coefficient (Wildman–Crippen LogP) is 3.70. The molecule has 1 aromatic heterocycles. The molecule has 0 spiro atoms. The summed E-state index contributed by atoms with van der Waals surface area (Å²) < 4.78 is 23.9. The lowest BCUT2D eigenvalue weighted by Gasteiger charge is -2.33. The van der Waals surface area contributed by atoms with Gasteiger partial charge >= 0.3 is 0 Å². The van der Waals surface area contributed by atoms with E-state index in [0.29, 0.717) is 28.3 Å². The van der Waals surface area contributed by atoms with E-state index in [1.807, 2.05) is 12.1 Å². The molecule has 1 N–H and O–H groups in total. The Kier molecular flexibility index (Phi) is 6.49. The van der Waals surface area contributed by atoms with Crippen LogP contribution in [0.4, 0.5) is 10.2 Å². The lowest BCUT2D eigenvalue weighted by Crippen LogP contribution is -2.45. The summed E-state index contributed by atoms with van der Waals surface area (Å²) in [4.78, 5) is 14.9. The van der Waals surface area contributed by atoms with Crippen LogP contribution in [0.5, 0.6) is 11.5 Å². The number of ether oxygens (including phenoxy) is 2. The first-order valence-electron chi connectivity index (χ1n) is 10.4. The molecule has 8 heteroatoms. The third-order valence-electron chi connectivity index (χ3n) is 5.54. The largest absolute Gasteiger partial charge is 0.497 e. The van der Waals surface area contributed by atoms with Gasteiger partial charge in [0.1, 0.15) is 17.3 Å². The molecule has 0 saturated carbocycles. The number of nitrogens with one attached hydrogen (secondary N) is 1. The van der Waals surface area contributed by atoms with Gasteiger partial charge < -0.3 is 19.7 Å². The predicted molar refractivity (Wildman–Crippen MR) is 120 cm³/mol. The molecule has 1 amide bonds. The van der Waals surface area contributed by atoms with Crippen molar-refractivity contribution in [1.29, 1.82) is 0 Å². The number of rotatable bonds is 6. The molecule has 2 heterocycles. The molecule has 1 aliphatic heterocycles. The molecule has 1 fully saturated rings. The fourth-order valence-electron chi connectivity index (χ4n) is 3.76. The molecular weight excluding hydrogens is 411 g/mol. The minimum Gasteiger partial charge on any atom is -0.497 e. The molecular formula is C24H25FN4O3. The van der Waals surface area contributed by atoms with E-state index in [2.05, 4.69) is 20.4 Å². The van der Waals surface area contributed by atoms with Gasteiger partial charge in [0, 0.05) is 36.3 Å². The smallest absolute Gasteiger partial charge is 0.251 e. The zero-order valence-corrected chi connectivity index (χ0v) is 18.0. The van der Waals surface area contributed by atoms with E-state index in [-0.39, 0.29) is 17.8 Å². The Morgan fingerprint density at radius 1 is 1.00 bits per heavy atom. The highest BCUT2D eigenvalue weighted by Gasteiger charge is 2.23. The van der Waals surface area contributed by atoms with Gasteiger partial charge in [-0.25, -0.2) is 4.39 Å². The number of hydrogen-bond acceptors (Lipinski definition) is 6. The standard InChI is InChI=1S/C24H25FN4O3/c1-31-20-13-17(14-21(15-20)32-2)24(30)26-19-8-10-29(11-9-19)23-7-6-22(27-28-23)16-4-3-5-18(25)12-16/h3-7,12-15,19H,8-11H2,1-2H3,(H,26,30). The van der Waals surface area contributed by atoms with E-state index in [1.54, 1.807) is 44.6 Å². The average Bonchev–Trinajstić information content (AvgIpc) is 2.84. The zero-order chi connectivity index (χ0) is 22.5. The van der Waals surface area contributed by atoms with E-state index < -0.39 is 0 Å². The van der Waals surface area contributed by atoms with Crippen molar-refractivity contribution >= 4 is 11.7 Å². The number of piperidine rings is 1. The molecule has 3 aromatic rings. The molecule has 0 unspecified atom stereocenters. The Bertz CT molecular complexity index is 1060. The van der Waals surface area contributed by atoms with Crippen LogP contribution in [0, 0.1) is 5.82 Å². The molecule has 1 aliphatic rings. The number of halogens is 1. The van der Waals surface area contributed by atoms with Gasteiger partial charge in [0.25, 0.3) is 5.91 Å². The van der Waals surface area contributed by atoms with Gasteiger partial charge in [-0.3, -0.25) is 4.79 Å². The highest BCUT2D eigenvalue weighted by atomic mass is 19.1. The molecule has 0 atom stereocenters. The van der Waals surface area contributed by atoms with Gasteiger partial charge in [0.15, 0.2) is 5.82 Å². The van der Waals surface area contributed by atoms with Gasteiger partial charge in [0.05, 0.1) is 19.9 Å². The van der Waals surface area contributed by atoms with Gasteiger partial charge in [-0.1, -0.05) is 12.1 Å². The van der Waals surface area contributed by atoms with Crippen LogP contribution in [0.25, 0.3) is 11.3 Å². The van der Waals surface area contributed by atoms with Crippen LogP contribution in [-0.4, -0.2) is 49.5 Å². The van der Waals surface area contributed by atoms with E-state index >= 15 is 0 Å². The fraction of sp³-hybridized carbons (Fsp3) is 0.292. The van der Waals surface area contributed by atoms with Crippen molar-refractivity contribution in [1.82, 2.24) is 15.5 Å². The first-order valence-corrected chi connectivity index (χ1v) is 10.4. The highest BCUT2D eigenvalue weighted by Crippen LogP contribution is 2.24. The van der Waals surface area contributed by atoms with Crippen LogP contribution >= 0.6 is 0 Å². The Balaban J connectivity index is 1.35. The number of anilines is 1. The van der Waals surface area contributed by atoms with Crippen molar-refractivity contribution in [2.24, 2.45) is 0 Å². The van der Waals surface area contributed by atoms with E-state index in [1.165, 1.54) is 12.1 Å². The third-order valence-corrected chi connectivity index (χ3v) is 5.54. The van der Waals surface area contributed by atoms with Gasteiger partial charge in [-0.15, -0.1) is 10.2 Å². The van der Waals surface area contributed by atoms with Gasteiger partial charge in [-0.05, 0) is 49.2 Å². The summed E-state index contributed by atoms with van der Waals surface area (Å²) in [5, 5.41) is 11.7. The first kappa shape index (κ1) is 21.5. The highest BCUT2D eigenvalue weighted by molar-refractivity contribution is 5.95. The number of methoxy groups -OCH3 is 2. The maximum absolute atomic E-state index is 13.4. The second-order valence-corrected chi connectivity index (χ2v) is 7.62. The number of hydrogen-bond donors (Lipinski definition) is 1. The molecule has 166 valence electrons. The summed E-state index contributed by atoms with van der Waals surface area (Å²) in [5.41, 5.74) is 1.83. The summed E-state index contributed by atoms with van der Waals surface area (Å²) in [5.74, 6) is 1.46. The molecule has 4 rings (SSSR count). The van der Waals surface area contributed by atoms with Crippen molar-refractivity contribution in [3.05, 3.63) is 66.0 Å². The van der Waals surface area contributed by atoms with Crippen LogP contribution in [0.2, 0.25) is 0 Å². The molecule has 1 saturated heterocycles. The normalized spacial score (nSPS) is 14.2. The van der Waals surface area contributed by atoms with Crippen LogP contribution in [0.15, 0.2) is 54.6 Å². The number of aromatic nitrogens is 2. The summed E-state index contributed by atoms with van der Waals surface area (Å²) in [6.45, 7) is 1.50. The Morgan fingerprint density at radius 3 is 2.31 bits per heavy atom. The number of nitrogens with zero attached hydrogens (tertiary/aromatic N) is 3. The molecule has 0 bridgehead atoms. The SMILES string of the molecule is COc1cc(OC)cc(C(=O)NC2CCN(c3ccc(-c4cccc(F)c4)nn3)CC2)c1. The van der Waals surface area contributed by atoms with Crippen LogP contribution < -0.4 is 19.7 Å². The lowest BCUT2D eigenvalue weighted by molar-refractivity contribution is 0.0930. The summed E-state index contributed by atoms with van der Waals surface area (Å²) >= 11 is 0. The van der Waals surface area contributed by atoms with Crippen molar-refractivity contribution in [2.75, 3.05) is 32.2 Å². The summed E-state index contributed by atoms with van der Waals surface area (Å²) in [6, 6.07) is 15.2. The number of benzene rings is 2. The second kappa shape index (κ2) is 9.64. The van der Waals surface area contributed by atoms with E-state index in [0.717, 1.165) is 31.7 Å². The molecule has 32 heavy (non-hydrogen) atoms. The fourth-order valence-corrected chi connectivity index (χ4v) is 3.76. The number of amides is 1. The van der Waals surface area contributed by atoms with Crippen LogP contribution in [0.3, 0.4) is 0 Å². The Morgan fingerprint density at radius 2 is 1.72 bits per heavy atom. The summed E-state index contributed by atoms with van der Waals surface area (Å²) in [6.07, 6.45) is 1.58. The summed E-state index contributed by atoms with van der Waals surface area (Å²) in [7, 11) is 3.11. The number of carbonyl (C=O) groups is 1. The Hall–Kier alpha value is -3.68. The van der Waals surface area contributed by atoms with Gasteiger partial charge in [0.2, 0.25) is 0 Å². The van der Waals surface area contributed by atoms with Crippen LogP contribution in [-0.2, 0) is 0 Å². The minimum atomic E-state index is -0.301. The third kappa shape index (κ3) is 4.96. The monoisotopic (exact) mass is 436 g/mol. The van der Waals surface area contributed by atoms with E-state index in [9.17, 15) is 9.18 Å². The van der Waals surface area contributed by atoms with Crippen molar-refractivity contribution in [2.45, 2.75) is 18.9 Å².